The first-order valence-corrected chi connectivity index (χ1v) is 6.96. The number of imidazole rings is 1. The lowest BCUT2D eigenvalue weighted by atomic mass is 10.3. The quantitative estimate of drug-likeness (QED) is 0.761. The number of hydrogen-bond donors (Lipinski definition) is 1. The molecule has 0 saturated carbocycles. The van der Waals surface area contributed by atoms with Crippen LogP contribution >= 0.6 is 0 Å². The van der Waals surface area contributed by atoms with Crippen LogP contribution in [0.4, 0.5) is 5.82 Å². The Hall–Kier alpha value is -2.09. The molecule has 0 atom stereocenters. The summed E-state index contributed by atoms with van der Waals surface area (Å²) in [5, 5.41) is 0. The molecule has 8 nitrogen and oxygen atoms in total. The van der Waals surface area contributed by atoms with Crippen molar-refractivity contribution < 1.29 is 19.1 Å². The van der Waals surface area contributed by atoms with Gasteiger partial charge < -0.3 is 24.7 Å². The normalized spacial score (nSPS) is 15.0. The van der Waals surface area contributed by atoms with Gasteiger partial charge in [0.15, 0.2) is 5.69 Å². The van der Waals surface area contributed by atoms with Crippen LogP contribution in [0.25, 0.3) is 0 Å². The second-order valence-electron chi connectivity index (χ2n) is 4.64. The van der Waals surface area contributed by atoms with Crippen LogP contribution in [0, 0.1) is 0 Å². The number of anilines is 1. The number of ether oxygens (including phenoxy) is 2. The third kappa shape index (κ3) is 3.72. The van der Waals surface area contributed by atoms with Crippen molar-refractivity contribution >= 4 is 17.7 Å². The van der Waals surface area contributed by atoms with E-state index in [1.807, 2.05) is 0 Å². The molecular formula is C13H20N4O4. The Labute approximate surface area is 122 Å². The van der Waals surface area contributed by atoms with Gasteiger partial charge in [0.1, 0.15) is 5.82 Å². The average molecular weight is 296 g/mol. The van der Waals surface area contributed by atoms with Gasteiger partial charge in [-0.25, -0.2) is 9.78 Å². The van der Waals surface area contributed by atoms with Gasteiger partial charge in [0.2, 0.25) is 5.91 Å². The minimum Gasteiger partial charge on any atom is -0.461 e. The van der Waals surface area contributed by atoms with Crippen molar-refractivity contribution in [2.24, 2.45) is 0 Å². The maximum Gasteiger partial charge on any atom is 0.360 e. The van der Waals surface area contributed by atoms with E-state index in [-0.39, 0.29) is 24.0 Å². The van der Waals surface area contributed by atoms with Gasteiger partial charge in [-0.15, -0.1) is 0 Å². The number of aryl methyl sites for hydroxylation is 1. The van der Waals surface area contributed by atoms with E-state index < -0.39 is 5.97 Å². The second kappa shape index (κ2) is 7.07. The first-order chi connectivity index (χ1) is 10.1. The molecule has 1 aromatic heterocycles. The summed E-state index contributed by atoms with van der Waals surface area (Å²) in [6.07, 6.45) is 1.76. The maximum absolute atomic E-state index is 12.0. The summed E-state index contributed by atoms with van der Waals surface area (Å²) in [6, 6.07) is 0. The molecule has 8 heteroatoms. The average Bonchev–Trinajstić information content (AvgIpc) is 2.87. The molecule has 0 aromatic carbocycles. The largest absolute Gasteiger partial charge is 0.461 e. The fourth-order valence-electron chi connectivity index (χ4n) is 2.11. The van der Waals surface area contributed by atoms with Gasteiger partial charge in [0, 0.05) is 26.1 Å². The number of amides is 1. The second-order valence-corrected chi connectivity index (χ2v) is 4.64. The smallest absolute Gasteiger partial charge is 0.360 e. The first kappa shape index (κ1) is 15.3. The molecule has 0 bridgehead atoms. The van der Waals surface area contributed by atoms with E-state index in [2.05, 4.69) is 4.98 Å². The van der Waals surface area contributed by atoms with Gasteiger partial charge in [-0.2, -0.15) is 0 Å². The number of nitrogens with two attached hydrogens (primary N) is 1. The van der Waals surface area contributed by atoms with E-state index in [0.29, 0.717) is 39.3 Å². The van der Waals surface area contributed by atoms with Gasteiger partial charge in [-0.3, -0.25) is 4.79 Å². The zero-order valence-electron chi connectivity index (χ0n) is 12.1. The van der Waals surface area contributed by atoms with Gasteiger partial charge in [0.25, 0.3) is 0 Å². The molecule has 21 heavy (non-hydrogen) atoms. The van der Waals surface area contributed by atoms with Gasteiger partial charge in [-0.1, -0.05) is 0 Å². The number of nitrogens with zero attached hydrogens (tertiary/aromatic N) is 3. The zero-order chi connectivity index (χ0) is 15.2. The fourth-order valence-corrected chi connectivity index (χ4v) is 2.11. The molecule has 2 heterocycles. The van der Waals surface area contributed by atoms with Crippen molar-refractivity contribution in [2.45, 2.75) is 19.9 Å². The Balaban J connectivity index is 1.91. The minimum atomic E-state index is -0.548. The highest BCUT2D eigenvalue weighted by molar-refractivity contribution is 5.92. The number of carbonyl (C=O) groups is 2. The predicted octanol–water partition coefficient (Wildman–Crippen LogP) is -0.109. The Morgan fingerprint density at radius 3 is 2.81 bits per heavy atom. The van der Waals surface area contributed by atoms with Gasteiger partial charge in [-0.05, 0) is 6.92 Å². The van der Waals surface area contributed by atoms with E-state index in [0.717, 1.165) is 0 Å². The van der Waals surface area contributed by atoms with Crippen molar-refractivity contribution in [3.63, 3.8) is 0 Å². The van der Waals surface area contributed by atoms with E-state index in [4.69, 9.17) is 15.2 Å². The van der Waals surface area contributed by atoms with Crippen molar-refractivity contribution in [3.05, 3.63) is 12.0 Å². The standard InChI is InChI=1S/C13H20N4O4/c1-2-21-13(19)11-12(14)17(9-15-11)4-3-10(18)16-5-7-20-8-6-16/h9H,2-8,14H2,1H3. The number of hydrogen-bond acceptors (Lipinski definition) is 6. The summed E-state index contributed by atoms with van der Waals surface area (Å²) in [7, 11) is 0. The molecule has 1 amide bonds. The summed E-state index contributed by atoms with van der Waals surface area (Å²) >= 11 is 0. The number of morpholine rings is 1. The highest BCUT2D eigenvalue weighted by Gasteiger charge is 2.19. The molecule has 1 aromatic rings. The lowest BCUT2D eigenvalue weighted by molar-refractivity contribution is -0.135. The van der Waals surface area contributed by atoms with Crippen LogP contribution in [0.2, 0.25) is 0 Å². The highest BCUT2D eigenvalue weighted by Crippen LogP contribution is 2.12. The summed E-state index contributed by atoms with van der Waals surface area (Å²) in [5.41, 5.74) is 5.95. The van der Waals surface area contributed by atoms with Crippen LogP contribution in [0.15, 0.2) is 6.33 Å². The SMILES string of the molecule is CCOC(=O)c1ncn(CCC(=O)N2CCOCC2)c1N. The lowest BCUT2D eigenvalue weighted by Crippen LogP contribution is -2.40. The van der Waals surface area contributed by atoms with Crippen LogP contribution in [0.3, 0.4) is 0 Å². The molecule has 2 N–H and O–H groups in total. The number of nitrogen functional groups attached to an aromatic ring is 1. The molecule has 1 aliphatic heterocycles. The molecule has 0 spiro atoms. The summed E-state index contributed by atoms with van der Waals surface area (Å²) in [6.45, 7) is 4.75. The minimum absolute atomic E-state index is 0.0454. The van der Waals surface area contributed by atoms with E-state index in [9.17, 15) is 9.59 Å². The molecular weight excluding hydrogens is 276 g/mol. The molecule has 0 aliphatic carbocycles. The van der Waals surface area contributed by atoms with E-state index in [1.54, 1.807) is 16.4 Å². The fraction of sp³-hybridized carbons (Fsp3) is 0.615. The van der Waals surface area contributed by atoms with Crippen LogP contribution in [0.1, 0.15) is 23.8 Å². The lowest BCUT2D eigenvalue weighted by Gasteiger charge is -2.26. The molecule has 116 valence electrons. The number of rotatable bonds is 5. The predicted molar refractivity (Wildman–Crippen MR) is 74.6 cm³/mol. The van der Waals surface area contributed by atoms with Crippen LogP contribution in [-0.4, -0.2) is 59.2 Å². The molecule has 1 saturated heterocycles. The van der Waals surface area contributed by atoms with Crippen molar-refractivity contribution in [1.29, 1.82) is 0 Å². The summed E-state index contributed by atoms with van der Waals surface area (Å²) in [5.74, 6) is -0.277. The van der Waals surface area contributed by atoms with Crippen LogP contribution < -0.4 is 5.73 Å². The van der Waals surface area contributed by atoms with Crippen molar-refractivity contribution in [2.75, 3.05) is 38.6 Å². The van der Waals surface area contributed by atoms with E-state index >= 15 is 0 Å². The van der Waals surface area contributed by atoms with Crippen LogP contribution in [-0.2, 0) is 20.8 Å². The molecule has 1 fully saturated rings. The number of carbonyl (C=O) groups excluding carboxylic acids is 2. The first-order valence-electron chi connectivity index (χ1n) is 6.96. The Morgan fingerprint density at radius 1 is 1.43 bits per heavy atom. The topological polar surface area (TPSA) is 99.7 Å². The summed E-state index contributed by atoms with van der Waals surface area (Å²) in [4.78, 5) is 29.3. The zero-order valence-corrected chi connectivity index (χ0v) is 12.1. The van der Waals surface area contributed by atoms with Gasteiger partial charge in [0.05, 0.1) is 26.1 Å². The number of esters is 1. The van der Waals surface area contributed by atoms with Gasteiger partial charge >= 0.3 is 5.97 Å². The molecule has 2 rings (SSSR count). The molecule has 0 unspecified atom stereocenters. The third-order valence-electron chi connectivity index (χ3n) is 3.28. The van der Waals surface area contributed by atoms with Crippen molar-refractivity contribution in [3.8, 4) is 0 Å². The molecule has 1 aliphatic rings. The van der Waals surface area contributed by atoms with Crippen molar-refractivity contribution in [1.82, 2.24) is 14.5 Å². The van der Waals surface area contributed by atoms with E-state index in [1.165, 1.54) is 6.33 Å². The Bertz CT molecular complexity index is 508. The monoisotopic (exact) mass is 296 g/mol. The third-order valence-corrected chi connectivity index (χ3v) is 3.28. The Morgan fingerprint density at radius 2 is 2.14 bits per heavy atom. The highest BCUT2D eigenvalue weighted by atomic mass is 16.5. The summed E-state index contributed by atoms with van der Waals surface area (Å²) < 4.78 is 11.7. The van der Waals surface area contributed by atoms with Crippen LogP contribution in [0.5, 0.6) is 0 Å². The molecule has 0 radical (unpaired) electrons. The number of aromatic nitrogens is 2. The maximum atomic E-state index is 12.0. The Kier molecular flexibility index (Phi) is 5.15.